The summed E-state index contributed by atoms with van der Waals surface area (Å²) in [6.45, 7) is 2.09. The van der Waals surface area contributed by atoms with Crippen molar-refractivity contribution in [3.05, 3.63) is 70.5 Å². The van der Waals surface area contributed by atoms with Crippen LogP contribution in [0.1, 0.15) is 35.8 Å². The Balaban J connectivity index is 1.63. The van der Waals surface area contributed by atoms with E-state index in [-0.39, 0.29) is 12.6 Å². The molecule has 0 fully saturated rings. The van der Waals surface area contributed by atoms with Crippen molar-refractivity contribution >= 4 is 23.1 Å². The van der Waals surface area contributed by atoms with Gasteiger partial charge in [0.1, 0.15) is 18.2 Å². The largest absolute Gasteiger partial charge is 0.371 e. The van der Waals surface area contributed by atoms with E-state index < -0.39 is 0 Å². The van der Waals surface area contributed by atoms with Gasteiger partial charge in [0.2, 0.25) is 0 Å². The number of nitrogens with zero attached hydrogens (tertiary/aromatic N) is 3. The minimum Gasteiger partial charge on any atom is -0.371 e. The topological polar surface area (TPSA) is 73.6 Å². The maximum atomic E-state index is 8.82. The number of halogens is 1. The standard InChI is InChI=1S/C23H22ClN5/c1-15-27-21(17-9-10-19(24)22(13-17)26-12-11-25)14-23(28-15)29-20-8-4-6-16-5-2-3-7-18(16)20/h2-3,5,7,9-10,13-14,20,26H,4,6,8,12H2,1H3,(H,27,28,29). The van der Waals surface area contributed by atoms with Crippen LogP contribution in [0.15, 0.2) is 48.5 Å². The predicted octanol–water partition coefficient (Wildman–Crippen LogP) is 5.53. The number of anilines is 2. The van der Waals surface area contributed by atoms with Gasteiger partial charge in [-0.05, 0) is 49.4 Å². The minimum atomic E-state index is 0.194. The Morgan fingerprint density at radius 3 is 2.90 bits per heavy atom. The smallest absolute Gasteiger partial charge is 0.130 e. The molecule has 6 heteroatoms. The number of hydrogen-bond donors (Lipinski definition) is 2. The summed E-state index contributed by atoms with van der Waals surface area (Å²) in [6.07, 6.45) is 3.38. The molecule has 5 nitrogen and oxygen atoms in total. The second-order valence-electron chi connectivity index (χ2n) is 7.18. The number of aryl methyl sites for hydroxylation is 2. The molecule has 0 amide bonds. The monoisotopic (exact) mass is 403 g/mol. The molecule has 1 aliphatic carbocycles. The molecule has 0 aliphatic heterocycles. The van der Waals surface area contributed by atoms with E-state index in [9.17, 15) is 0 Å². The lowest BCUT2D eigenvalue weighted by molar-refractivity contribution is 0.598. The lowest BCUT2D eigenvalue weighted by atomic mass is 9.88. The van der Waals surface area contributed by atoms with Crippen LogP contribution in [0.5, 0.6) is 0 Å². The minimum absolute atomic E-state index is 0.194. The molecule has 1 heterocycles. The average Bonchev–Trinajstić information content (AvgIpc) is 2.73. The Morgan fingerprint density at radius 2 is 2.03 bits per heavy atom. The van der Waals surface area contributed by atoms with Gasteiger partial charge < -0.3 is 10.6 Å². The molecule has 1 atom stereocenters. The van der Waals surface area contributed by atoms with E-state index in [1.54, 1.807) is 0 Å². The third-order valence-electron chi connectivity index (χ3n) is 5.15. The Morgan fingerprint density at radius 1 is 1.17 bits per heavy atom. The van der Waals surface area contributed by atoms with Crippen LogP contribution in [0, 0.1) is 18.3 Å². The van der Waals surface area contributed by atoms with Gasteiger partial charge in [-0.15, -0.1) is 0 Å². The molecular formula is C23H22ClN5. The van der Waals surface area contributed by atoms with E-state index in [1.165, 1.54) is 11.1 Å². The highest BCUT2D eigenvalue weighted by molar-refractivity contribution is 6.33. The normalized spacial score (nSPS) is 15.3. The van der Waals surface area contributed by atoms with Crippen LogP contribution in [0.25, 0.3) is 11.3 Å². The van der Waals surface area contributed by atoms with E-state index in [0.717, 1.165) is 42.0 Å². The fourth-order valence-electron chi connectivity index (χ4n) is 3.83. The van der Waals surface area contributed by atoms with Gasteiger partial charge in [-0.2, -0.15) is 5.26 Å². The number of benzene rings is 2. The first kappa shape index (κ1) is 19.2. The highest BCUT2D eigenvalue weighted by atomic mass is 35.5. The van der Waals surface area contributed by atoms with E-state index >= 15 is 0 Å². The Hall–Kier alpha value is -3.10. The van der Waals surface area contributed by atoms with Crippen molar-refractivity contribution in [2.45, 2.75) is 32.2 Å². The third-order valence-corrected chi connectivity index (χ3v) is 5.48. The summed E-state index contributed by atoms with van der Waals surface area (Å²) < 4.78 is 0. The summed E-state index contributed by atoms with van der Waals surface area (Å²) in [5.41, 5.74) is 5.23. The molecule has 0 bridgehead atoms. The van der Waals surface area contributed by atoms with Gasteiger partial charge >= 0.3 is 0 Å². The SMILES string of the molecule is Cc1nc(NC2CCCc3ccccc32)cc(-c2ccc(Cl)c(NCC#N)c2)n1. The summed E-state index contributed by atoms with van der Waals surface area (Å²) in [6, 6.07) is 18.6. The number of rotatable bonds is 5. The van der Waals surface area contributed by atoms with Crippen LogP contribution < -0.4 is 10.6 Å². The quantitative estimate of drug-likeness (QED) is 0.548. The van der Waals surface area contributed by atoms with Crippen LogP contribution in [-0.2, 0) is 6.42 Å². The van der Waals surface area contributed by atoms with Crippen molar-refractivity contribution in [2.75, 3.05) is 17.2 Å². The van der Waals surface area contributed by atoms with Crippen molar-refractivity contribution in [1.29, 1.82) is 5.26 Å². The molecule has 1 unspecified atom stereocenters. The van der Waals surface area contributed by atoms with Gasteiger partial charge in [0.25, 0.3) is 0 Å². The van der Waals surface area contributed by atoms with Crippen LogP contribution >= 0.6 is 11.6 Å². The number of fused-ring (bicyclic) bond motifs is 1. The van der Waals surface area contributed by atoms with Crippen molar-refractivity contribution in [2.24, 2.45) is 0 Å². The fraction of sp³-hybridized carbons (Fsp3) is 0.261. The highest BCUT2D eigenvalue weighted by Crippen LogP contribution is 2.33. The number of nitriles is 1. The molecule has 0 radical (unpaired) electrons. The fourth-order valence-corrected chi connectivity index (χ4v) is 4.01. The van der Waals surface area contributed by atoms with E-state index in [4.69, 9.17) is 16.9 Å². The third kappa shape index (κ3) is 4.33. The zero-order chi connectivity index (χ0) is 20.2. The zero-order valence-corrected chi connectivity index (χ0v) is 17.0. The van der Waals surface area contributed by atoms with Crippen LogP contribution in [0.2, 0.25) is 5.02 Å². The lowest BCUT2D eigenvalue weighted by Crippen LogP contribution is -2.18. The highest BCUT2D eigenvalue weighted by Gasteiger charge is 2.20. The van der Waals surface area contributed by atoms with Gasteiger partial charge in [0.15, 0.2) is 0 Å². The van der Waals surface area contributed by atoms with Gasteiger partial charge in [-0.1, -0.05) is 41.9 Å². The molecule has 3 aromatic rings. The average molecular weight is 404 g/mol. The van der Waals surface area contributed by atoms with E-state index in [0.29, 0.717) is 10.8 Å². The van der Waals surface area contributed by atoms with Crippen molar-refractivity contribution < 1.29 is 0 Å². The number of hydrogen-bond acceptors (Lipinski definition) is 5. The maximum Gasteiger partial charge on any atom is 0.130 e. The molecule has 4 rings (SSSR count). The van der Waals surface area contributed by atoms with Crippen LogP contribution in [0.3, 0.4) is 0 Å². The molecule has 29 heavy (non-hydrogen) atoms. The Labute approximate surface area is 175 Å². The number of aromatic nitrogens is 2. The molecule has 0 spiro atoms. The summed E-state index contributed by atoms with van der Waals surface area (Å²) >= 11 is 6.24. The molecule has 1 aromatic heterocycles. The molecule has 1 aliphatic rings. The van der Waals surface area contributed by atoms with Crippen LogP contribution in [0.4, 0.5) is 11.5 Å². The summed E-state index contributed by atoms with van der Waals surface area (Å²) in [5.74, 6) is 1.52. The second-order valence-corrected chi connectivity index (χ2v) is 7.59. The molecule has 146 valence electrons. The summed E-state index contributed by atoms with van der Waals surface area (Å²) in [7, 11) is 0. The molecule has 0 saturated heterocycles. The van der Waals surface area contributed by atoms with Crippen molar-refractivity contribution in [1.82, 2.24) is 9.97 Å². The first-order valence-corrected chi connectivity index (χ1v) is 10.1. The lowest BCUT2D eigenvalue weighted by Gasteiger charge is -2.27. The molecule has 2 N–H and O–H groups in total. The van der Waals surface area contributed by atoms with E-state index in [2.05, 4.69) is 50.9 Å². The van der Waals surface area contributed by atoms with Gasteiger partial charge in [-0.3, -0.25) is 0 Å². The predicted molar refractivity (Wildman–Crippen MR) is 117 cm³/mol. The van der Waals surface area contributed by atoms with Gasteiger partial charge in [-0.25, -0.2) is 9.97 Å². The molecule has 0 saturated carbocycles. The maximum absolute atomic E-state index is 8.82. The Kier molecular flexibility index (Phi) is 5.64. The number of nitrogens with one attached hydrogen (secondary N) is 2. The molecule has 2 aromatic carbocycles. The van der Waals surface area contributed by atoms with E-state index in [1.807, 2.05) is 31.2 Å². The van der Waals surface area contributed by atoms with Crippen molar-refractivity contribution in [3.63, 3.8) is 0 Å². The first-order valence-electron chi connectivity index (χ1n) is 9.75. The first-order chi connectivity index (χ1) is 14.1. The second kappa shape index (κ2) is 8.50. The Bertz CT molecular complexity index is 1070. The summed E-state index contributed by atoms with van der Waals surface area (Å²) in [4.78, 5) is 9.21. The zero-order valence-electron chi connectivity index (χ0n) is 16.2. The molecular weight excluding hydrogens is 382 g/mol. The van der Waals surface area contributed by atoms with Crippen molar-refractivity contribution in [3.8, 4) is 17.3 Å². The van der Waals surface area contributed by atoms with Gasteiger partial charge in [0, 0.05) is 11.6 Å². The van der Waals surface area contributed by atoms with Crippen LogP contribution in [-0.4, -0.2) is 16.5 Å². The van der Waals surface area contributed by atoms with Gasteiger partial charge in [0.05, 0.1) is 28.5 Å². The summed E-state index contributed by atoms with van der Waals surface area (Å²) in [5, 5.41) is 16.0.